The fraction of sp³-hybridized carbons (Fsp3) is 0.150. The molecule has 0 heterocycles. The van der Waals surface area contributed by atoms with Gasteiger partial charge in [0.1, 0.15) is 17.6 Å². The van der Waals surface area contributed by atoms with Crippen molar-refractivity contribution in [3.05, 3.63) is 83.1 Å². The van der Waals surface area contributed by atoms with E-state index in [1.54, 1.807) is 6.07 Å². The number of hydrogen-bond donors (Lipinski definition) is 1. The van der Waals surface area contributed by atoms with E-state index in [1.807, 2.05) is 60.7 Å². The minimum Gasteiger partial charge on any atom is -0.457 e. The van der Waals surface area contributed by atoms with E-state index in [2.05, 4.69) is 0 Å². The van der Waals surface area contributed by atoms with Crippen LogP contribution in [-0.4, -0.2) is 18.4 Å². The molecule has 0 bridgehead atoms. The Morgan fingerprint density at radius 1 is 1.04 bits per heavy atom. The highest BCUT2D eigenvalue weighted by atomic mass is 16.5. The predicted octanol–water partition coefficient (Wildman–Crippen LogP) is 2.69. The van der Waals surface area contributed by atoms with Crippen LogP contribution >= 0.6 is 0 Å². The zero-order valence-corrected chi connectivity index (χ0v) is 13.8. The first-order valence-corrected chi connectivity index (χ1v) is 7.70. The Morgan fingerprint density at radius 3 is 1.92 bits per heavy atom. The van der Waals surface area contributed by atoms with Gasteiger partial charge >= 0.3 is 5.97 Å². The Bertz CT molecular complexity index is 778. The van der Waals surface area contributed by atoms with Crippen molar-refractivity contribution in [3.8, 4) is 6.07 Å². The van der Waals surface area contributed by atoms with Crippen LogP contribution in [0, 0.1) is 11.3 Å². The molecule has 0 amide bonds. The number of rotatable bonds is 6. The minimum atomic E-state index is -0.649. The second-order valence-corrected chi connectivity index (χ2v) is 5.46. The van der Waals surface area contributed by atoms with Gasteiger partial charge in [-0.15, -0.1) is 0 Å². The average molecular weight is 334 g/mol. The molecule has 0 unspecified atom stereocenters. The molecule has 0 spiro atoms. The third-order valence-corrected chi connectivity index (χ3v) is 3.63. The van der Waals surface area contributed by atoms with Crippen molar-refractivity contribution in [3.63, 3.8) is 0 Å². The van der Waals surface area contributed by atoms with Crippen LogP contribution in [0.4, 0.5) is 0 Å². The molecule has 2 rings (SSSR count). The third kappa shape index (κ3) is 4.55. The molecular weight excluding hydrogens is 316 g/mol. The highest BCUT2D eigenvalue weighted by Crippen LogP contribution is 2.26. The van der Waals surface area contributed by atoms with Gasteiger partial charge in [-0.25, -0.2) is 0 Å². The van der Waals surface area contributed by atoms with Crippen molar-refractivity contribution >= 4 is 11.8 Å². The van der Waals surface area contributed by atoms with Crippen molar-refractivity contribution in [1.29, 1.82) is 5.26 Å². The number of hydrogen-bond acceptors (Lipinski definition) is 5. The first-order chi connectivity index (χ1) is 12.0. The highest BCUT2D eigenvalue weighted by Gasteiger charge is 2.25. The van der Waals surface area contributed by atoms with E-state index >= 15 is 0 Å². The third-order valence-electron chi connectivity index (χ3n) is 3.63. The number of ether oxygens (including phenoxy) is 1. The smallest absolute Gasteiger partial charge is 0.318 e. The van der Waals surface area contributed by atoms with E-state index in [-0.39, 0.29) is 11.3 Å². The number of nitrogens with two attached hydrogens (primary N) is 1. The molecule has 5 heteroatoms. The van der Waals surface area contributed by atoms with Crippen molar-refractivity contribution in [2.45, 2.75) is 12.8 Å². The second kappa shape index (κ2) is 8.46. The van der Waals surface area contributed by atoms with Gasteiger partial charge in [0.2, 0.25) is 5.78 Å². The Kier molecular flexibility index (Phi) is 6.08. The molecule has 5 nitrogen and oxygen atoms in total. The van der Waals surface area contributed by atoms with E-state index in [1.165, 1.54) is 6.92 Å². The number of nitriles is 1. The Hall–Kier alpha value is -3.39. The van der Waals surface area contributed by atoms with E-state index in [9.17, 15) is 9.59 Å². The molecule has 0 saturated carbocycles. The maximum absolute atomic E-state index is 12.6. The van der Waals surface area contributed by atoms with Gasteiger partial charge in [0.25, 0.3) is 0 Å². The topological polar surface area (TPSA) is 93.2 Å². The molecule has 0 aliphatic rings. The van der Waals surface area contributed by atoms with Crippen LogP contribution in [0.1, 0.15) is 24.0 Å². The van der Waals surface area contributed by atoms with E-state index in [0.29, 0.717) is 0 Å². The fourth-order valence-electron chi connectivity index (χ4n) is 2.42. The minimum absolute atomic E-state index is 0.103. The molecule has 2 N–H and O–H groups in total. The Balaban J connectivity index is 2.22. The van der Waals surface area contributed by atoms with Crippen molar-refractivity contribution < 1.29 is 14.3 Å². The number of carbonyl (C=O) groups excluding carboxylic acids is 2. The standard InChI is InChI=1S/C20H18N2O3/c1-14(22)17(12-21)18(23)13-25-20(24)19(15-8-4-2-5-9-15)16-10-6-3-7-11-16/h2-11,19H,13,22H2,1H3. The molecule has 2 aromatic rings. The zero-order chi connectivity index (χ0) is 18.2. The molecular formula is C20H18N2O3. The average Bonchev–Trinajstić information content (AvgIpc) is 2.62. The molecule has 25 heavy (non-hydrogen) atoms. The Morgan fingerprint density at radius 2 is 1.52 bits per heavy atom. The summed E-state index contributed by atoms with van der Waals surface area (Å²) in [5.41, 5.74) is 6.93. The first-order valence-electron chi connectivity index (χ1n) is 7.70. The summed E-state index contributed by atoms with van der Waals surface area (Å²) in [4.78, 5) is 24.6. The monoisotopic (exact) mass is 334 g/mol. The number of allylic oxidation sites excluding steroid dienone is 1. The van der Waals surface area contributed by atoms with Gasteiger partial charge in [0.05, 0.1) is 0 Å². The number of Topliss-reactive ketones (excluding diaryl/α,β-unsaturated/α-hetero) is 1. The van der Waals surface area contributed by atoms with Gasteiger partial charge in [0.15, 0.2) is 6.61 Å². The lowest BCUT2D eigenvalue weighted by Crippen LogP contribution is -2.22. The van der Waals surface area contributed by atoms with Crippen LogP contribution in [0.5, 0.6) is 0 Å². The molecule has 0 atom stereocenters. The molecule has 2 aromatic carbocycles. The molecule has 0 saturated heterocycles. The maximum Gasteiger partial charge on any atom is 0.318 e. The number of esters is 1. The van der Waals surface area contributed by atoms with Crippen molar-refractivity contribution in [2.75, 3.05) is 6.61 Å². The lowest BCUT2D eigenvalue weighted by atomic mass is 9.91. The van der Waals surface area contributed by atoms with Crippen LogP contribution in [0.15, 0.2) is 71.9 Å². The van der Waals surface area contributed by atoms with Gasteiger partial charge in [-0.2, -0.15) is 5.26 Å². The van der Waals surface area contributed by atoms with Crippen molar-refractivity contribution in [2.24, 2.45) is 5.73 Å². The van der Waals surface area contributed by atoms with Crippen molar-refractivity contribution in [1.82, 2.24) is 0 Å². The lowest BCUT2D eigenvalue weighted by Gasteiger charge is -2.16. The van der Waals surface area contributed by atoms with Gasteiger partial charge in [-0.05, 0) is 18.1 Å². The molecule has 0 fully saturated rings. The van der Waals surface area contributed by atoms with Crippen LogP contribution in [0.25, 0.3) is 0 Å². The lowest BCUT2D eigenvalue weighted by molar-refractivity contribution is -0.147. The molecule has 0 aliphatic carbocycles. The summed E-state index contributed by atoms with van der Waals surface area (Å²) in [7, 11) is 0. The summed E-state index contributed by atoms with van der Waals surface area (Å²) >= 11 is 0. The molecule has 0 aromatic heterocycles. The number of benzene rings is 2. The van der Waals surface area contributed by atoms with Crippen LogP contribution in [0.3, 0.4) is 0 Å². The van der Waals surface area contributed by atoms with Crippen LogP contribution in [-0.2, 0) is 14.3 Å². The van der Waals surface area contributed by atoms with Gasteiger partial charge in [-0.3, -0.25) is 9.59 Å². The molecule has 126 valence electrons. The van der Waals surface area contributed by atoms with E-state index in [0.717, 1.165) is 11.1 Å². The fourth-order valence-corrected chi connectivity index (χ4v) is 2.42. The Labute approximate surface area is 146 Å². The van der Waals surface area contributed by atoms with E-state index < -0.39 is 24.3 Å². The summed E-state index contributed by atoms with van der Waals surface area (Å²) in [6.07, 6.45) is 0. The second-order valence-electron chi connectivity index (χ2n) is 5.46. The van der Waals surface area contributed by atoms with Gasteiger partial charge < -0.3 is 10.5 Å². The van der Waals surface area contributed by atoms with Crippen LogP contribution in [0.2, 0.25) is 0 Å². The SMILES string of the molecule is CC(N)=C(C#N)C(=O)COC(=O)C(c1ccccc1)c1ccccc1. The number of nitrogens with zero attached hydrogens (tertiary/aromatic N) is 1. The number of carbonyl (C=O) groups is 2. The summed E-state index contributed by atoms with van der Waals surface area (Å²) in [5.74, 6) is -1.82. The summed E-state index contributed by atoms with van der Waals surface area (Å²) in [6.45, 7) is 0.932. The van der Waals surface area contributed by atoms with E-state index in [4.69, 9.17) is 15.7 Å². The summed E-state index contributed by atoms with van der Waals surface area (Å²) < 4.78 is 5.18. The quantitative estimate of drug-likeness (QED) is 0.498. The molecule has 0 aliphatic heterocycles. The highest BCUT2D eigenvalue weighted by molar-refractivity contribution is 6.01. The predicted molar refractivity (Wildman–Crippen MR) is 93.2 cm³/mol. The first kappa shape index (κ1) is 18.0. The summed E-state index contributed by atoms with van der Waals surface area (Å²) in [6, 6.07) is 20.1. The normalized spacial score (nSPS) is 11.4. The summed E-state index contributed by atoms with van der Waals surface area (Å²) in [5, 5.41) is 8.95. The van der Waals surface area contributed by atoms with Gasteiger partial charge in [-0.1, -0.05) is 60.7 Å². The number of ketones is 1. The molecule has 0 radical (unpaired) electrons. The van der Waals surface area contributed by atoms with Gasteiger partial charge in [0, 0.05) is 5.70 Å². The zero-order valence-electron chi connectivity index (χ0n) is 13.8. The van der Waals surface area contributed by atoms with Crippen LogP contribution < -0.4 is 5.73 Å². The maximum atomic E-state index is 12.6. The largest absolute Gasteiger partial charge is 0.457 e.